The normalized spacial score (nSPS) is 10.9. The summed E-state index contributed by atoms with van der Waals surface area (Å²) in [5, 5.41) is 7.93. The lowest BCUT2D eigenvalue weighted by molar-refractivity contribution is 0.481. The Morgan fingerprint density at radius 3 is 2.53 bits per heavy atom. The number of nitrogens with zero attached hydrogens (tertiary/aromatic N) is 2. The Kier molecular flexibility index (Phi) is 2.41. The van der Waals surface area contributed by atoms with E-state index in [-0.39, 0.29) is 5.92 Å². The SMILES string of the molecule is CC(C)c1nnc(-c2ccccc2N)o1. The third-order valence-electron chi connectivity index (χ3n) is 2.13. The van der Waals surface area contributed by atoms with Crippen molar-refractivity contribution in [2.45, 2.75) is 19.8 Å². The standard InChI is InChI=1S/C11H13N3O/c1-7(2)10-13-14-11(15-10)8-5-3-4-6-9(8)12/h3-7H,12H2,1-2H3. The maximum absolute atomic E-state index is 5.81. The molecule has 0 aliphatic rings. The van der Waals surface area contributed by atoms with Crippen LogP contribution >= 0.6 is 0 Å². The quantitative estimate of drug-likeness (QED) is 0.761. The lowest BCUT2D eigenvalue weighted by atomic mass is 10.2. The fourth-order valence-electron chi connectivity index (χ4n) is 1.27. The topological polar surface area (TPSA) is 64.9 Å². The predicted molar refractivity (Wildman–Crippen MR) is 58.2 cm³/mol. The Bertz CT molecular complexity index is 462. The molecule has 0 aliphatic carbocycles. The fourth-order valence-corrected chi connectivity index (χ4v) is 1.27. The van der Waals surface area contributed by atoms with Crippen molar-refractivity contribution in [2.75, 3.05) is 5.73 Å². The fraction of sp³-hybridized carbons (Fsp3) is 0.273. The van der Waals surface area contributed by atoms with Gasteiger partial charge in [0, 0.05) is 11.6 Å². The van der Waals surface area contributed by atoms with Crippen LogP contribution in [0.5, 0.6) is 0 Å². The zero-order valence-corrected chi connectivity index (χ0v) is 8.77. The predicted octanol–water partition coefficient (Wildman–Crippen LogP) is 2.44. The first-order valence-electron chi connectivity index (χ1n) is 4.86. The highest BCUT2D eigenvalue weighted by molar-refractivity contribution is 5.69. The molecule has 0 unspecified atom stereocenters. The summed E-state index contributed by atoms with van der Waals surface area (Å²) in [6.45, 7) is 4.01. The van der Waals surface area contributed by atoms with Crippen molar-refractivity contribution in [3.8, 4) is 11.5 Å². The zero-order chi connectivity index (χ0) is 10.8. The second-order valence-corrected chi connectivity index (χ2v) is 3.69. The number of hydrogen-bond donors (Lipinski definition) is 1. The van der Waals surface area contributed by atoms with Crippen LogP contribution in [0.25, 0.3) is 11.5 Å². The molecule has 4 nitrogen and oxygen atoms in total. The van der Waals surface area contributed by atoms with Gasteiger partial charge in [-0.3, -0.25) is 0 Å². The summed E-state index contributed by atoms with van der Waals surface area (Å²) in [4.78, 5) is 0. The van der Waals surface area contributed by atoms with Gasteiger partial charge in [0.15, 0.2) is 0 Å². The maximum Gasteiger partial charge on any atom is 0.249 e. The highest BCUT2D eigenvalue weighted by Gasteiger charge is 2.12. The zero-order valence-electron chi connectivity index (χ0n) is 8.77. The van der Waals surface area contributed by atoms with Crippen LogP contribution in [0.1, 0.15) is 25.7 Å². The van der Waals surface area contributed by atoms with Crippen LogP contribution in [0, 0.1) is 0 Å². The van der Waals surface area contributed by atoms with E-state index in [1.54, 1.807) is 0 Å². The van der Waals surface area contributed by atoms with E-state index < -0.39 is 0 Å². The van der Waals surface area contributed by atoms with Crippen molar-refractivity contribution in [2.24, 2.45) is 0 Å². The maximum atomic E-state index is 5.81. The third kappa shape index (κ3) is 1.83. The van der Waals surface area contributed by atoms with Crippen molar-refractivity contribution in [3.63, 3.8) is 0 Å². The van der Waals surface area contributed by atoms with Gasteiger partial charge in [0.25, 0.3) is 0 Å². The minimum Gasteiger partial charge on any atom is -0.420 e. The largest absolute Gasteiger partial charge is 0.420 e. The molecule has 15 heavy (non-hydrogen) atoms. The summed E-state index contributed by atoms with van der Waals surface area (Å²) in [5.41, 5.74) is 7.25. The minimum atomic E-state index is 0.233. The second kappa shape index (κ2) is 3.73. The summed E-state index contributed by atoms with van der Waals surface area (Å²) in [5.74, 6) is 1.35. The van der Waals surface area contributed by atoms with E-state index in [4.69, 9.17) is 10.2 Å². The molecule has 2 N–H and O–H groups in total. The van der Waals surface area contributed by atoms with Gasteiger partial charge in [-0.25, -0.2) is 0 Å². The Morgan fingerprint density at radius 2 is 1.93 bits per heavy atom. The summed E-state index contributed by atoms with van der Waals surface area (Å²) >= 11 is 0. The third-order valence-corrected chi connectivity index (χ3v) is 2.13. The number of para-hydroxylation sites is 1. The molecule has 0 saturated heterocycles. The number of aromatic nitrogens is 2. The molecule has 0 saturated carbocycles. The van der Waals surface area contributed by atoms with Crippen LogP contribution in [0.4, 0.5) is 5.69 Å². The van der Waals surface area contributed by atoms with Gasteiger partial charge in [0.05, 0.1) is 5.56 Å². The summed E-state index contributed by atoms with van der Waals surface area (Å²) < 4.78 is 5.51. The van der Waals surface area contributed by atoms with Gasteiger partial charge in [-0.1, -0.05) is 26.0 Å². The van der Waals surface area contributed by atoms with Crippen LogP contribution in [0.15, 0.2) is 28.7 Å². The van der Waals surface area contributed by atoms with Gasteiger partial charge in [0.1, 0.15) is 0 Å². The number of nitrogen functional groups attached to an aromatic ring is 1. The monoisotopic (exact) mass is 203 g/mol. The van der Waals surface area contributed by atoms with Crippen molar-refractivity contribution in [1.82, 2.24) is 10.2 Å². The first-order valence-corrected chi connectivity index (χ1v) is 4.86. The molecule has 0 amide bonds. The van der Waals surface area contributed by atoms with Gasteiger partial charge in [0.2, 0.25) is 11.8 Å². The van der Waals surface area contributed by atoms with Gasteiger partial charge in [-0.05, 0) is 12.1 Å². The van der Waals surface area contributed by atoms with Crippen LogP contribution in [0.3, 0.4) is 0 Å². The molecular weight excluding hydrogens is 190 g/mol. The molecule has 4 heteroatoms. The molecule has 2 rings (SSSR count). The Balaban J connectivity index is 2.42. The molecule has 0 aliphatic heterocycles. The van der Waals surface area contributed by atoms with Crippen molar-refractivity contribution in [1.29, 1.82) is 0 Å². The molecule has 1 heterocycles. The molecular formula is C11H13N3O. The number of hydrogen-bond acceptors (Lipinski definition) is 4. The number of anilines is 1. The minimum absolute atomic E-state index is 0.233. The van der Waals surface area contributed by atoms with Crippen LogP contribution in [-0.4, -0.2) is 10.2 Å². The van der Waals surface area contributed by atoms with E-state index in [0.29, 0.717) is 17.5 Å². The highest BCUT2D eigenvalue weighted by Crippen LogP contribution is 2.25. The van der Waals surface area contributed by atoms with E-state index in [9.17, 15) is 0 Å². The lowest BCUT2D eigenvalue weighted by Gasteiger charge is -1.99. The van der Waals surface area contributed by atoms with E-state index >= 15 is 0 Å². The Labute approximate surface area is 88.1 Å². The molecule has 0 bridgehead atoms. The molecule has 0 radical (unpaired) electrons. The van der Waals surface area contributed by atoms with Crippen molar-refractivity contribution in [3.05, 3.63) is 30.2 Å². The van der Waals surface area contributed by atoms with E-state index in [1.165, 1.54) is 0 Å². The molecule has 1 aromatic carbocycles. The number of rotatable bonds is 2. The second-order valence-electron chi connectivity index (χ2n) is 3.69. The van der Waals surface area contributed by atoms with Crippen LogP contribution < -0.4 is 5.73 Å². The first-order chi connectivity index (χ1) is 7.18. The van der Waals surface area contributed by atoms with Crippen molar-refractivity contribution >= 4 is 5.69 Å². The lowest BCUT2D eigenvalue weighted by Crippen LogP contribution is -1.88. The molecule has 78 valence electrons. The van der Waals surface area contributed by atoms with Crippen LogP contribution in [-0.2, 0) is 0 Å². The molecule has 1 aromatic heterocycles. The summed E-state index contributed by atoms with van der Waals surface area (Å²) in [6.07, 6.45) is 0. The molecule has 0 spiro atoms. The molecule has 0 atom stereocenters. The smallest absolute Gasteiger partial charge is 0.249 e. The highest BCUT2D eigenvalue weighted by atomic mass is 16.4. The Hall–Kier alpha value is -1.84. The van der Waals surface area contributed by atoms with Gasteiger partial charge < -0.3 is 10.2 Å². The van der Waals surface area contributed by atoms with E-state index in [0.717, 1.165) is 5.56 Å². The molecule has 0 fully saturated rings. The average molecular weight is 203 g/mol. The summed E-state index contributed by atoms with van der Waals surface area (Å²) in [6, 6.07) is 7.45. The number of nitrogens with two attached hydrogens (primary N) is 1. The van der Waals surface area contributed by atoms with Crippen LogP contribution in [0.2, 0.25) is 0 Å². The Morgan fingerprint density at radius 1 is 1.20 bits per heavy atom. The number of benzene rings is 1. The van der Waals surface area contributed by atoms with Gasteiger partial charge >= 0.3 is 0 Å². The first kappa shape index (κ1) is 9.71. The average Bonchev–Trinajstić information content (AvgIpc) is 2.67. The summed E-state index contributed by atoms with van der Waals surface area (Å²) in [7, 11) is 0. The van der Waals surface area contributed by atoms with E-state index in [1.807, 2.05) is 38.1 Å². The van der Waals surface area contributed by atoms with E-state index in [2.05, 4.69) is 10.2 Å². The van der Waals surface area contributed by atoms with Gasteiger partial charge in [-0.2, -0.15) is 0 Å². The van der Waals surface area contributed by atoms with Gasteiger partial charge in [-0.15, -0.1) is 10.2 Å². The molecule has 2 aromatic rings. The van der Waals surface area contributed by atoms with Crippen molar-refractivity contribution < 1.29 is 4.42 Å².